The van der Waals surface area contributed by atoms with Crippen LogP contribution in [0, 0.1) is 28.6 Å². The van der Waals surface area contributed by atoms with Gasteiger partial charge in [-0.2, -0.15) is 5.26 Å². The second-order valence-corrected chi connectivity index (χ2v) is 8.85. The third-order valence-electron chi connectivity index (χ3n) is 6.80. The highest BCUT2D eigenvalue weighted by Gasteiger charge is 2.37. The van der Waals surface area contributed by atoms with Crippen molar-refractivity contribution in [1.82, 2.24) is 0 Å². The lowest BCUT2D eigenvalue weighted by molar-refractivity contribution is -0.158. The normalized spacial score (nSPS) is 32.0. The zero-order valence-electron chi connectivity index (χ0n) is 17.1. The summed E-state index contributed by atoms with van der Waals surface area (Å²) in [6.07, 6.45) is 16.5. The number of rotatable bonds is 9. The van der Waals surface area contributed by atoms with Crippen molar-refractivity contribution in [2.45, 2.75) is 116 Å². The Hall–Kier alpha value is -1.04. The molecule has 2 rings (SSSR count). The van der Waals surface area contributed by atoms with E-state index in [9.17, 15) is 10.1 Å². The largest absolute Gasteiger partial charge is 0.462 e. The predicted molar refractivity (Wildman–Crippen MR) is 106 cm³/mol. The monoisotopic (exact) mass is 361 g/mol. The number of nitriles is 1. The predicted octanol–water partition coefficient (Wildman–Crippen LogP) is 6.56. The number of carbonyl (C=O) groups excluding carboxylic acids is 1. The molecule has 0 saturated heterocycles. The molecule has 148 valence electrons. The van der Waals surface area contributed by atoms with Crippen LogP contribution in [0.25, 0.3) is 0 Å². The molecule has 2 aliphatic rings. The molecule has 0 atom stereocenters. The van der Waals surface area contributed by atoms with Gasteiger partial charge in [0, 0.05) is 0 Å². The second-order valence-electron chi connectivity index (χ2n) is 8.85. The maximum Gasteiger partial charge on any atom is 0.309 e. The second kappa shape index (κ2) is 11.0. The van der Waals surface area contributed by atoms with Crippen LogP contribution in [0.4, 0.5) is 0 Å². The van der Waals surface area contributed by atoms with Crippen LogP contribution < -0.4 is 0 Å². The summed E-state index contributed by atoms with van der Waals surface area (Å²) in [5.74, 6) is 0.986. The molecule has 0 N–H and O–H groups in total. The van der Waals surface area contributed by atoms with Gasteiger partial charge in [-0.1, -0.05) is 52.4 Å². The molecule has 2 saturated carbocycles. The maximum absolute atomic E-state index is 12.5. The number of ether oxygens (including phenoxy) is 1. The van der Waals surface area contributed by atoms with Gasteiger partial charge in [0.15, 0.2) is 0 Å². The minimum absolute atomic E-state index is 0.0392. The summed E-state index contributed by atoms with van der Waals surface area (Å²) in [6.45, 7) is 4.46. The first-order valence-corrected chi connectivity index (χ1v) is 11.2. The first-order valence-electron chi connectivity index (χ1n) is 11.2. The van der Waals surface area contributed by atoms with Crippen molar-refractivity contribution in [2.75, 3.05) is 0 Å². The molecule has 0 spiro atoms. The van der Waals surface area contributed by atoms with Crippen molar-refractivity contribution in [3.63, 3.8) is 0 Å². The van der Waals surface area contributed by atoms with E-state index >= 15 is 0 Å². The number of carbonyl (C=O) groups is 1. The van der Waals surface area contributed by atoms with Gasteiger partial charge in [-0.3, -0.25) is 4.79 Å². The molecule has 3 nitrogen and oxygen atoms in total. The average Bonchev–Trinajstić information content (AvgIpc) is 2.67. The minimum Gasteiger partial charge on any atom is -0.462 e. The molecule has 26 heavy (non-hydrogen) atoms. The molecule has 0 aromatic rings. The van der Waals surface area contributed by atoms with E-state index in [0.29, 0.717) is 0 Å². The fourth-order valence-electron chi connectivity index (χ4n) is 4.93. The van der Waals surface area contributed by atoms with Crippen LogP contribution in [0.3, 0.4) is 0 Å². The zero-order chi connectivity index (χ0) is 18.8. The maximum atomic E-state index is 12.5. The van der Waals surface area contributed by atoms with Gasteiger partial charge in [-0.25, -0.2) is 0 Å². The summed E-state index contributed by atoms with van der Waals surface area (Å²) in [7, 11) is 0. The van der Waals surface area contributed by atoms with Crippen molar-refractivity contribution in [3.8, 4) is 6.07 Å². The summed E-state index contributed by atoms with van der Waals surface area (Å²) < 4.78 is 5.86. The first-order chi connectivity index (χ1) is 12.6. The van der Waals surface area contributed by atoms with Crippen molar-refractivity contribution >= 4 is 5.97 Å². The lowest BCUT2D eigenvalue weighted by Crippen LogP contribution is -2.33. The summed E-state index contributed by atoms with van der Waals surface area (Å²) in [5.41, 5.74) is -0.158. The van der Waals surface area contributed by atoms with Crippen LogP contribution in [0.1, 0.15) is 110 Å². The van der Waals surface area contributed by atoms with E-state index in [0.717, 1.165) is 57.3 Å². The highest BCUT2D eigenvalue weighted by atomic mass is 16.5. The Morgan fingerprint density at radius 3 is 2.27 bits per heavy atom. The van der Waals surface area contributed by atoms with E-state index in [1.807, 2.05) is 0 Å². The average molecular weight is 362 g/mol. The molecule has 0 amide bonds. The Balaban J connectivity index is 1.70. The molecular formula is C23H39NO2. The fourth-order valence-corrected chi connectivity index (χ4v) is 4.93. The lowest BCUT2D eigenvalue weighted by Gasteiger charge is -2.35. The van der Waals surface area contributed by atoms with Gasteiger partial charge in [0.25, 0.3) is 0 Å². The van der Waals surface area contributed by atoms with E-state index in [1.54, 1.807) is 0 Å². The minimum atomic E-state index is -0.158. The van der Waals surface area contributed by atoms with E-state index in [-0.39, 0.29) is 23.4 Å². The van der Waals surface area contributed by atoms with Crippen LogP contribution in [-0.2, 0) is 9.53 Å². The van der Waals surface area contributed by atoms with Crippen molar-refractivity contribution < 1.29 is 9.53 Å². The third-order valence-corrected chi connectivity index (χ3v) is 6.80. The number of hydrogen-bond acceptors (Lipinski definition) is 3. The highest BCUT2D eigenvalue weighted by Crippen LogP contribution is 2.41. The molecule has 2 fully saturated rings. The Morgan fingerprint density at radius 2 is 1.69 bits per heavy atom. The summed E-state index contributed by atoms with van der Waals surface area (Å²) in [6, 6.07) is 2.61. The van der Waals surface area contributed by atoms with Crippen molar-refractivity contribution in [3.05, 3.63) is 0 Å². The van der Waals surface area contributed by atoms with Crippen LogP contribution in [-0.4, -0.2) is 12.1 Å². The van der Waals surface area contributed by atoms with Gasteiger partial charge in [0.2, 0.25) is 0 Å². The molecule has 0 heterocycles. The topological polar surface area (TPSA) is 50.1 Å². The Bertz CT molecular complexity index is 451. The molecular weight excluding hydrogens is 322 g/mol. The van der Waals surface area contributed by atoms with Crippen molar-refractivity contribution in [1.29, 1.82) is 5.26 Å². The van der Waals surface area contributed by atoms with Crippen LogP contribution in [0.15, 0.2) is 0 Å². The molecule has 0 unspecified atom stereocenters. The summed E-state index contributed by atoms with van der Waals surface area (Å²) in [5, 5.41) is 9.68. The van der Waals surface area contributed by atoms with E-state index < -0.39 is 0 Å². The SMILES string of the molecule is CCCCCC[C@]1(C#N)CC[C@@H](OC(=O)[C@H]2CC[C@H](CCC)CC2)CC1. The zero-order valence-corrected chi connectivity index (χ0v) is 17.1. The Kier molecular flexibility index (Phi) is 8.96. The van der Waals surface area contributed by atoms with Gasteiger partial charge < -0.3 is 4.74 Å². The number of hydrogen-bond donors (Lipinski definition) is 0. The lowest BCUT2D eigenvalue weighted by atomic mass is 9.71. The molecule has 2 aliphatic carbocycles. The molecule has 0 radical (unpaired) electrons. The molecule has 0 aromatic heterocycles. The van der Waals surface area contributed by atoms with E-state index in [4.69, 9.17) is 4.74 Å². The number of esters is 1. The van der Waals surface area contributed by atoms with Gasteiger partial charge in [-0.15, -0.1) is 0 Å². The third kappa shape index (κ3) is 6.29. The van der Waals surface area contributed by atoms with Gasteiger partial charge in [-0.05, 0) is 63.7 Å². The summed E-state index contributed by atoms with van der Waals surface area (Å²) >= 11 is 0. The summed E-state index contributed by atoms with van der Waals surface area (Å²) in [4.78, 5) is 12.5. The van der Waals surface area contributed by atoms with Gasteiger partial charge >= 0.3 is 5.97 Å². The smallest absolute Gasteiger partial charge is 0.309 e. The van der Waals surface area contributed by atoms with Crippen LogP contribution >= 0.6 is 0 Å². The first kappa shape index (κ1) is 21.3. The van der Waals surface area contributed by atoms with Gasteiger partial charge in [0.05, 0.1) is 17.4 Å². The molecule has 0 aliphatic heterocycles. The van der Waals surface area contributed by atoms with Crippen molar-refractivity contribution in [2.24, 2.45) is 17.3 Å². The number of nitrogens with zero attached hydrogens (tertiary/aromatic N) is 1. The van der Waals surface area contributed by atoms with Crippen LogP contribution in [0.5, 0.6) is 0 Å². The van der Waals surface area contributed by atoms with Gasteiger partial charge in [0.1, 0.15) is 6.10 Å². The molecule has 0 aromatic carbocycles. The Labute approximate surface area is 160 Å². The fraction of sp³-hybridized carbons (Fsp3) is 0.913. The number of unbranched alkanes of at least 4 members (excludes halogenated alkanes) is 3. The standard InChI is InChI=1S/C23H39NO2/c1-3-5-6-7-15-23(18-24)16-13-21(14-17-23)26-22(25)20-11-9-19(8-4-2)10-12-20/h19-21H,3-17H2,1-2H3/t19-,20-,21-,23+. The quantitative estimate of drug-likeness (QED) is 0.345. The Morgan fingerprint density at radius 1 is 1.00 bits per heavy atom. The molecule has 3 heteroatoms. The van der Waals surface area contributed by atoms with Crippen LogP contribution in [0.2, 0.25) is 0 Å². The van der Waals surface area contributed by atoms with E-state index in [2.05, 4.69) is 19.9 Å². The van der Waals surface area contributed by atoms with E-state index in [1.165, 1.54) is 44.9 Å². The highest BCUT2D eigenvalue weighted by molar-refractivity contribution is 5.72. The molecule has 0 bridgehead atoms.